The Morgan fingerprint density at radius 2 is 1.88 bits per heavy atom. The molecule has 0 spiro atoms. The van der Waals surface area contributed by atoms with Crippen LogP contribution in [0.25, 0.3) is 32.4 Å². The van der Waals surface area contributed by atoms with Crippen LogP contribution in [-0.2, 0) is 4.74 Å². The third-order valence-electron chi connectivity index (χ3n) is 7.85. The first-order chi connectivity index (χ1) is 20.1. The second-order valence-corrected chi connectivity index (χ2v) is 14.0. The number of nitrogens with one attached hydrogen (secondary N) is 2. The molecule has 1 aliphatic carbocycles. The van der Waals surface area contributed by atoms with E-state index in [4.69, 9.17) is 14.7 Å². The van der Waals surface area contributed by atoms with E-state index in [1.807, 2.05) is 16.9 Å². The van der Waals surface area contributed by atoms with Gasteiger partial charge in [-0.15, -0.1) is 0 Å². The highest BCUT2D eigenvalue weighted by Crippen LogP contribution is 2.42. The monoisotopic (exact) mass is 609 g/mol. The van der Waals surface area contributed by atoms with Gasteiger partial charge in [0, 0.05) is 36.8 Å². The van der Waals surface area contributed by atoms with Crippen molar-refractivity contribution in [1.82, 2.24) is 24.8 Å². The van der Waals surface area contributed by atoms with Crippen LogP contribution in [0, 0.1) is 5.82 Å². The Labute approximate surface area is 250 Å². The summed E-state index contributed by atoms with van der Waals surface area (Å²) in [7, 11) is 0. The molecule has 1 saturated carbocycles. The lowest BCUT2D eigenvalue weighted by Gasteiger charge is -2.34. The van der Waals surface area contributed by atoms with Crippen molar-refractivity contribution in [3.05, 3.63) is 34.4 Å². The summed E-state index contributed by atoms with van der Waals surface area (Å²) < 4.78 is 22.5. The Morgan fingerprint density at radius 1 is 1.14 bits per heavy atom. The van der Waals surface area contributed by atoms with E-state index in [1.54, 1.807) is 26.8 Å². The topological polar surface area (TPSA) is 114 Å². The highest BCUT2D eigenvalue weighted by atomic mass is 32.2. The number of thioether (sulfide) groups is 1. The van der Waals surface area contributed by atoms with Gasteiger partial charge < -0.3 is 19.5 Å². The molecule has 1 aromatic carbocycles. The lowest BCUT2D eigenvalue weighted by Crippen LogP contribution is -2.51. The van der Waals surface area contributed by atoms with Crippen molar-refractivity contribution in [2.24, 2.45) is 0 Å². The molecule has 42 heavy (non-hydrogen) atoms. The van der Waals surface area contributed by atoms with Crippen molar-refractivity contribution in [3.63, 3.8) is 0 Å². The fourth-order valence-corrected chi connectivity index (χ4v) is 7.25. The molecular weight excluding hydrogens is 577 g/mol. The minimum atomic E-state index is -0.691. The van der Waals surface area contributed by atoms with Gasteiger partial charge >= 0.3 is 6.09 Å². The molecule has 2 atom stereocenters. The van der Waals surface area contributed by atoms with Gasteiger partial charge in [-0.1, -0.05) is 23.1 Å². The summed E-state index contributed by atoms with van der Waals surface area (Å²) in [6, 6.07) is 5.76. The number of piperazine rings is 1. The molecule has 3 aromatic heterocycles. The van der Waals surface area contributed by atoms with Gasteiger partial charge in [0.25, 0.3) is 5.56 Å². The Morgan fingerprint density at radius 3 is 2.55 bits per heavy atom. The third kappa shape index (κ3) is 5.01. The number of aromatic nitrogens is 4. The number of thiazole rings is 1. The molecule has 13 heteroatoms. The second kappa shape index (κ2) is 10.2. The lowest BCUT2D eigenvalue weighted by molar-refractivity contribution is 0.0636. The molecule has 3 aliphatic rings. The van der Waals surface area contributed by atoms with Crippen LogP contribution in [0.1, 0.15) is 52.5 Å². The number of halogens is 1. The van der Waals surface area contributed by atoms with E-state index in [2.05, 4.69) is 20.5 Å². The second-order valence-electron chi connectivity index (χ2n) is 12.2. The number of carbonyl (C=O) groups excluding carboxylic acids is 1. The summed E-state index contributed by atoms with van der Waals surface area (Å²) in [6.07, 6.45) is 5.25. The number of fused-ring (bicyclic) bond motifs is 4. The van der Waals surface area contributed by atoms with Gasteiger partial charge in [-0.05, 0) is 70.9 Å². The first-order valence-electron chi connectivity index (χ1n) is 14.2. The third-order valence-corrected chi connectivity index (χ3v) is 9.38. The minimum absolute atomic E-state index is 0.0299. The number of hydrogen-bond donors (Lipinski definition) is 2. The molecule has 10 nitrogen and oxygen atoms in total. The number of amides is 1. The largest absolute Gasteiger partial charge is 0.444 e. The van der Waals surface area contributed by atoms with Gasteiger partial charge in [0.05, 0.1) is 21.4 Å². The highest BCUT2D eigenvalue weighted by Gasteiger charge is 2.36. The lowest BCUT2D eigenvalue weighted by atomic mass is 10.1. The quantitative estimate of drug-likeness (QED) is 0.222. The van der Waals surface area contributed by atoms with Crippen LogP contribution in [-0.4, -0.2) is 62.6 Å². The zero-order valence-corrected chi connectivity index (χ0v) is 25.5. The molecule has 2 aliphatic heterocycles. The maximum absolute atomic E-state index is 15.1. The van der Waals surface area contributed by atoms with Crippen molar-refractivity contribution in [3.8, 4) is 11.3 Å². The van der Waals surface area contributed by atoms with Crippen molar-refractivity contribution in [2.75, 3.05) is 29.6 Å². The molecule has 2 saturated heterocycles. The number of carbonyl (C=O) groups is 1. The van der Waals surface area contributed by atoms with Crippen molar-refractivity contribution >= 4 is 61.3 Å². The van der Waals surface area contributed by atoms with Crippen LogP contribution in [0.5, 0.6) is 0 Å². The molecule has 4 aromatic rings. The van der Waals surface area contributed by atoms with E-state index in [0.717, 1.165) is 50.1 Å². The normalized spacial score (nSPS) is 20.5. The molecule has 1 amide bonds. The molecule has 3 fully saturated rings. The Bertz CT molecular complexity index is 1780. The summed E-state index contributed by atoms with van der Waals surface area (Å²) in [6.45, 7) is 6.90. The van der Waals surface area contributed by atoms with Crippen LogP contribution in [0.4, 0.5) is 20.1 Å². The van der Waals surface area contributed by atoms with Crippen LogP contribution < -0.4 is 21.1 Å². The standard InChI is InChI=1S/C29H32FN7O3S2/c1-29(2,3)40-28(39)35-27-33-22-17(9-10-18(30)23(22)42-27)20-11-19-21(25(38)37(20)16-7-8-16)24(34-26(32-19)41-4)36-12-14-5-6-15(13-36)31-14/h9-11,14-16,31H,5-8,12-13H2,1-4H3,(H,33,35,39). The van der Waals surface area contributed by atoms with Gasteiger partial charge in [0.15, 0.2) is 10.3 Å². The number of ether oxygens (including phenoxy) is 1. The summed E-state index contributed by atoms with van der Waals surface area (Å²) in [5, 5.41) is 7.62. The molecule has 2 bridgehead atoms. The number of rotatable bonds is 5. The molecule has 0 radical (unpaired) electrons. The first kappa shape index (κ1) is 27.5. The van der Waals surface area contributed by atoms with Crippen molar-refractivity contribution in [1.29, 1.82) is 0 Å². The summed E-state index contributed by atoms with van der Waals surface area (Å²) in [5.41, 5.74) is 1.34. The Kier molecular flexibility index (Phi) is 6.66. The average Bonchev–Trinajstić information content (AvgIpc) is 3.59. The fourth-order valence-electron chi connectivity index (χ4n) is 6.00. The predicted molar refractivity (Wildman–Crippen MR) is 164 cm³/mol. The van der Waals surface area contributed by atoms with E-state index in [0.29, 0.717) is 50.7 Å². The van der Waals surface area contributed by atoms with Crippen LogP contribution >= 0.6 is 23.1 Å². The molecular formula is C29H32FN7O3S2. The maximum atomic E-state index is 15.1. The van der Waals surface area contributed by atoms with Gasteiger partial charge in [-0.2, -0.15) is 0 Å². The zero-order valence-electron chi connectivity index (χ0n) is 23.9. The number of anilines is 2. The Hall–Kier alpha value is -3.29. The van der Waals surface area contributed by atoms with Crippen molar-refractivity contribution < 1.29 is 13.9 Å². The van der Waals surface area contributed by atoms with Gasteiger partial charge in [-0.3, -0.25) is 10.1 Å². The van der Waals surface area contributed by atoms with E-state index in [1.165, 1.54) is 17.8 Å². The van der Waals surface area contributed by atoms with Crippen LogP contribution in [0.15, 0.2) is 28.2 Å². The smallest absolute Gasteiger partial charge is 0.413 e. The van der Waals surface area contributed by atoms with Crippen LogP contribution in [0.3, 0.4) is 0 Å². The highest BCUT2D eigenvalue weighted by molar-refractivity contribution is 7.98. The first-order valence-corrected chi connectivity index (χ1v) is 16.2. The van der Waals surface area contributed by atoms with Crippen molar-refractivity contribution in [2.45, 2.75) is 75.3 Å². The van der Waals surface area contributed by atoms with E-state index < -0.39 is 17.5 Å². The number of benzene rings is 1. The molecule has 220 valence electrons. The SMILES string of the molecule is CSc1nc(N2CC3CCC(C2)N3)c2c(=O)n(C3CC3)c(-c3ccc(F)c4sc(NC(=O)OC(C)(C)C)nc34)cc2n1. The summed E-state index contributed by atoms with van der Waals surface area (Å²) in [5.74, 6) is 0.239. The average molecular weight is 610 g/mol. The Balaban J connectivity index is 1.39. The van der Waals surface area contributed by atoms with E-state index in [-0.39, 0.29) is 21.4 Å². The zero-order chi connectivity index (χ0) is 29.3. The summed E-state index contributed by atoms with van der Waals surface area (Å²) in [4.78, 5) is 43.3. The van der Waals surface area contributed by atoms with E-state index >= 15 is 4.39 Å². The number of pyridine rings is 1. The fraction of sp³-hybridized carbons (Fsp3) is 0.483. The maximum Gasteiger partial charge on any atom is 0.413 e. The van der Waals surface area contributed by atoms with Gasteiger partial charge in [0.1, 0.15) is 22.6 Å². The van der Waals surface area contributed by atoms with Gasteiger partial charge in [0.2, 0.25) is 0 Å². The molecule has 2 unspecified atom stereocenters. The van der Waals surface area contributed by atoms with Crippen LogP contribution in [0.2, 0.25) is 0 Å². The minimum Gasteiger partial charge on any atom is -0.444 e. The molecule has 5 heterocycles. The molecule has 2 N–H and O–H groups in total. The number of hydrogen-bond acceptors (Lipinski definition) is 10. The number of nitrogens with zero attached hydrogens (tertiary/aromatic N) is 5. The molecule has 7 rings (SSSR count). The summed E-state index contributed by atoms with van der Waals surface area (Å²) >= 11 is 2.47. The van der Waals surface area contributed by atoms with E-state index in [9.17, 15) is 9.59 Å². The van der Waals surface area contributed by atoms with Gasteiger partial charge in [-0.25, -0.2) is 24.1 Å². The predicted octanol–water partition coefficient (Wildman–Crippen LogP) is 5.55.